The molecular formula is C16H14N2O2. The molecule has 0 bridgehead atoms. The van der Waals surface area contributed by atoms with Crippen LogP contribution < -0.4 is 9.47 Å². The molecule has 100 valence electrons. The van der Waals surface area contributed by atoms with Crippen molar-refractivity contribution in [1.82, 2.24) is 4.98 Å². The number of allylic oxidation sites excluding steroid dienone is 1. The average molecular weight is 266 g/mol. The number of methoxy groups -OCH3 is 2. The van der Waals surface area contributed by atoms with Crippen LogP contribution in [-0.4, -0.2) is 19.2 Å². The lowest BCUT2D eigenvalue weighted by Gasteiger charge is -2.08. The molecule has 0 radical (unpaired) electrons. The quantitative estimate of drug-likeness (QED) is 0.798. The Bertz CT molecular complexity index is 658. The van der Waals surface area contributed by atoms with Gasteiger partial charge in [-0.15, -0.1) is 0 Å². The standard InChI is InChI=1S/C16H14N2O2/c1-19-14-6-7-16(20-2)12(10-14)9-13(11-17)15-5-3-4-8-18-15/h3-10H,1-2H3/b13-9+. The van der Waals surface area contributed by atoms with Gasteiger partial charge < -0.3 is 9.47 Å². The van der Waals surface area contributed by atoms with Crippen LogP contribution in [0.2, 0.25) is 0 Å². The summed E-state index contributed by atoms with van der Waals surface area (Å²) < 4.78 is 10.5. The molecule has 1 heterocycles. The van der Waals surface area contributed by atoms with Crippen LogP contribution in [0.4, 0.5) is 0 Å². The lowest BCUT2D eigenvalue weighted by Crippen LogP contribution is -1.91. The molecule has 0 fully saturated rings. The second kappa shape index (κ2) is 6.39. The fourth-order valence-electron chi connectivity index (χ4n) is 1.79. The molecule has 4 nitrogen and oxygen atoms in total. The van der Waals surface area contributed by atoms with Gasteiger partial charge in [0.05, 0.1) is 25.5 Å². The Labute approximate surface area is 117 Å². The van der Waals surface area contributed by atoms with Gasteiger partial charge in [-0.25, -0.2) is 0 Å². The second-order valence-corrected chi connectivity index (χ2v) is 3.99. The number of nitrogens with zero attached hydrogens (tertiary/aromatic N) is 2. The van der Waals surface area contributed by atoms with Crippen molar-refractivity contribution in [1.29, 1.82) is 5.26 Å². The van der Waals surface area contributed by atoms with Gasteiger partial charge in [-0.2, -0.15) is 5.26 Å². The molecule has 2 aromatic rings. The van der Waals surface area contributed by atoms with Gasteiger partial charge in [0.15, 0.2) is 0 Å². The molecule has 0 aliphatic heterocycles. The van der Waals surface area contributed by atoms with Crippen molar-refractivity contribution in [2.75, 3.05) is 14.2 Å². The maximum Gasteiger partial charge on any atom is 0.126 e. The highest BCUT2D eigenvalue weighted by atomic mass is 16.5. The number of benzene rings is 1. The minimum atomic E-state index is 0.470. The van der Waals surface area contributed by atoms with Crippen molar-refractivity contribution in [3.63, 3.8) is 0 Å². The van der Waals surface area contributed by atoms with Gasteiger partial charge in [0, 0.05) is 11.8 Å². The zero-order valence-corrected chi connectivity index (χ0v) is 11.3. The molecule has 0 amide bonds. The van der Waals surface area contributed by atoms with Gasteiger partial charge in [0.2, 0.25) is 0 Å². The Kier molecular flexibility index (Phi) is 4.35. The van der Waals surface area contributed by atoms with Crippen molar-refractivity contribution in [3.8, 4) is 17.6 Å². The normalized spacial score (nSPS) is 10.8. The van der Waals surface area contributed by atoms with E-state index in [0.717, 1.165) is 5.56 Å². The van der Waals surface area contributed by atoms with Crippen molar-refractivity contribution < 1.29 is 9.47 Å². The molecule has 2 rings (SSSR count). The summed E-state index contributed by atoms with van der Waals surface area (Å²) in [5.41, 5.74) is 1.87. The molecule has 0 aliphatic carbocycles. The predicted molar refractivity (Wildman–Crippen MR) is 77.3 cm³/mol. The van der Waals surface area contributed by atoms with Gasteiger partial charge in [-0.1, -0.05) is 6.07 Å². The summed E-state index contributed by atoms with van der Waals surface area (Å²) in [5.74, 6) is 1.38. The maximum atomic E-state index is 9.30. The highest BCUT2D eigenvalue weighted by molar-refractivity contribution is 5.89. The van der Waals surface area contributed by atoms with Crippen LogP contribution in [0.5, 0.6) is 11.5 Å². The highest BCUT2D eigenvalue weighted by Crippen LogP contribution is 2.27. The summed E-state index contributed by atoms with van der Waals surface area (Å²) in [6, 6.07) is 13.0. The molecule has 20 heavy (non-hydrogen) atoms. The van der Waals surface area contributed by atoms with Crippen molar-refractivity contribution >= 4 is 11.6 Å². The topological polar surface area (TPSA) is 55.1 Å². The molecule has 0 aliphatic rings. The molecule has 0 unspecified atom stereocenters. The van der Waals surface area contributed by atoms with Crippen molar-refractivity contribution in [2.45, 2.75) is 0 Å². The number of hydrogen-bond acceptors (Lipinski definition) is 4. The fraction of sp³-hybridized carbons (Fsp3) is 0.125. The van der Waals surface area contributed by atoms with E-state index in [1.807, 2.05) is 24.3 Å². The van der Waals surface area contributed by atoms with Crippen LogP contribution in [0, 0.1) is 11.3 Å². The number of hydrogen-bond donors (Lipinski definition) is 0. The second-order valence-electron chi connectivity index (χ2n) is 3.99. The molecule has 0 saturated carbocycles. The number of pyridine rings is 1. The third-order valence-electron chi connectivity index (χ3n) is 2.80. The largest absolute Gasteiger partial charge is 0.497 e. The van der Waals surface area contributed by atoms with Crippen molar-refractivity contribution in [3.05, 3.63) is 53.9 Å². The van der Waals surface area contributed by atoms with Crippen LogP contribution in [0.25, 0.3) is 11.6 Å². The van der Waals surface area contributed by atoms with Crippen LogP contribution in [0.15, 0.2) is 42.6 Å². The van der Waals surface area contributed by atoms with E-state index in [0.29, 0.717) is 22.8 Å². The lowest BCUT2D eigenvalue weighted by atomic mass is 10.1. The Hall–Kier alpha value is -2.80. The summed E-state index contributed by atoms with van der Waals surface area (Å²) in [4.78, 5) is 4.18. The van der Waals surface area contributed by atoms with E-state index in [-0.39, 0.29) is 0 Å². The third kappa shape index (κ3) is 2.96. The molecule has 0 atom stereocenters. The Balaban J connectivity index is 2.50. The molecule has 0 spiro atoms. The highest BCUT2D eigenvalue weighted by Gasteiger charge is 2.07. The van der Waals surface area contributed by atoms with Gasteiger partial charge in [0.25, 0.3) is 0 Å². The van der Waals surface area contributed by atoms with Crippen LogP contribution in [0.3, 0.4) is 0 Å². The number of nitriles is 1. The summed E-state index contributed by atoms with van der Waals surface area (Å²) >= 11 is 0. The Morgan fingerprint density at radius 3 is 2.65 bits per heavy atom. The van der Waals surface area contributed by atoms with E-state index < -0.39 is 0 Å². The molecule has 0 N–H and O–H groups in total. The van der Waals surface area contributed by atoms with E-state index >= 15 is 0 Å². The van der Waals surface area contributed by atoms with Gasteiger partial charge in [-0.05, 0) is 36.4 Å². The molecule has 0 saturated heterocycles. The predicted octanol–water partition coefficient (Wildman–Crippen LogP) is 3.16. The average Bonchev–Trinajstić information content (AvgIpc) is 2.53. The zero-order chi connectivity index (χ0) is 14.4. The van der Waals surface area contributed by atoms with Crippen LogP contribution in [-0.2, 0) is 0 Å². The van der Waals surface area contributed by atoms with Gasteiger partial charge >= 0.3 is 0 Å². The minimum Gasteiger partial charge on any atom is -0.497 e. The fourth-order valence-corrected chi connectivity index (χ4v) is 1.79. The number of ether oxygens (including phenoxy) is 2. The van der Waals surface area contributed by atoms with Crippen molar-refractivity contribution in [2.24, 2.45) is 0 Å². The lowest BCUT2D eigenvalue weighted by molar-refractivity contribution is 0.402. The first-order valence-corrected chi connectivity index (χ1v) is 6.03. The summed E-state index contributed by atoms with van der Waals surface area (Å²) in [6.45, 7) is 0. The summed E-state index contributed by atoms with van der Waals surface area (Å²) in [5, 5.41) is 9.30. The first-order valence-electron chi connectivity index (χ1n) is 6.03. The summed E-state index contributed by atoms with van der Waals surface area (Å²) in [7, 11) is 3.19. The van der Waals surface area contributed by atoms with E-state index in [4.69, 9.17) is 9.47 Å². The molecule has 1 aromatic heterocycles. The first-order chi connectivity index (χ1) is 9.78. The zero-order valence-electron chi connectivity index (χ0n) is 11.3. The monoisotopic (exact) mass is 266 g/mol. The Morgan fingerprint density at radius 1 is 1.20 bits per heavy atom. The van der Waals surface area contributed by atoms with E-state index in [2.05, 4.69) is 11.1 Å². The molecule has 4 heteroatoms. The van der Waals surface area contributed by atoms with E-state index in [1.165, 1.54) is 0 Å². The smallest absolute Gasteiger partial charge is 0.126 e. The number of rotatable bonds is 4. The van der Waals surface area contributed by atoms with Crippen LogP contribution >= 0.6 is 0 Å². The molecule has 1 aromatic carbocycles. The maximum absolute atomic E-state index is 9.30. The summed E-state index contributed by atoms with van der Waals surface area (Å²) in [6.07, 6.45) is 3.40. The first kappa shape index (κ1) is 13.6. The van der Waals surface area contributed by atoms with E-state index in [1.54, 1.807) is 38.6 Å². The SMILES string of the molecule is COc1ccc(OC)c(/C=C(\C#N)c2ccccn2)c1. The number of aromatic nitrogens is 1. The van der Waals surface area contributed by atoms with E-state index in [9.17, 15) is 5.26 Å². The third-order valence-corrected chi connectivity index (χ3v) is 2.80. The van der Waals surface area contributed by atoms with Gasteiger partial charge in [0.1, 0.15) is 17.6 Å². The van der Waals surface area contributed by atoms with Gasteiger partial charge in [-0.3, -0.25) is 4.98 Å². The Morgan fingerprint density at radius 2 is 2.05 bits per heavy atom. The molecular weight excluding hydrogens is 252 g/mol. The minimum absolute atomic E-state index is 0.470. The van der Waals surface area contributed by atoms with Crippen LogP contribution in [0.1, 0.15) is 11.3 Å².